The average molecular weight is 293 g/mol. The molecule has 2 unspecified atom stereocenters. The summed E-state index contributed by atoms with van der Waals surface area (Å²) in [6.45, 7) is 1.54. The molecule has 0 aliphatic heterocycles. The number of nitrogens with zero attached hydrogens (tertiary/aromatic N) is 1. The minimum atomic E-state index is -4.88. The second-order valence-corrected chi connectivity index (χ2v) is 5.90. The number of hydrogen-bond acceptors (Lipinski definition) is 8. The third-order valence-corrected chi connectivity index (χ3v) is 3.68. The molecule has 86 valence electrons. The van der Waals surface area contributed by atoms with Gasteiger partial charge in [-0.15, -0.1) is 0 Å². The van der Waals surface area contributed by atoms with Gasteiger partial charge in [-0.3, -0.25) is 0 Å². The number of hydroxylamine groups is 2. The van der Waals surface area contributed by atoms with Crippen molar-refractivity contribution < 1.29 is 90.3 Å². The third kappa shape index (κ3) is 7.24. The minimum Gasteiger partial charge on any atom is -0.747 e. The van der Waals surface area contributed by atoms with E-state index >= 15 is 0 Å². The van der Waals surface area contributed by atoms with Crippen LogP contribution < -0.4 is 59.1 Å². The fourth-order valence-electron chi connectivity index (χ4n) is 0.560. The predicted octanol–water partition coefficient (Wildman–Crippen LogP) is -7.53. The quantitative estimate of drug-likeness (QED) is 0.306. The Labute approximate surface area is 138 Å². The molecule has 0 bridgehead atoms. The fraction of sp³-hybridized carbons (Fsp3) is 1.00. The molecule has 0 spiro atoms. The van der Waals surface area contributed by atoms with E-state index in [1.165, 1.54) is 0 Å². The fourth-order valence-corrected chi connectivity index (χ4v) is 1.53. The van der Waals surface area contributed by atoms with E-state index in [-0.39, 0.29) is 64.2 Å². The van der Waals surface area contributed by atoms with Gasteiger partial charge in [-0.1, -0.05) is 0 Å². The molecule has 0 rings (SSSR count). The molecule has 2 atom stereocenters. The predicted molar refractivity (Wildman–Crippen MR) is 41.9 cm³/mol. The molecule has 0 aliphatic rings. The summed E-state index contributed by atoms with van der Waals surface area (Å²) in [5, 5.41) is 4.63. The van der Waals surface area contributed by atoms with Gasteiger partial charge >= 0.3 is 59.1 Å². The summed E-state index contributed by atoms with van der Waals surface area (Å²) in [7, 11) is -9.77. The van der Waals surface area contributed by atoms with Crippen LogP contribution in [0.1, 0.15) is 13.8 Å². The molecule has 0 aliphatic carbocycles. The zero-order chi connectivity index (χ0) is 11.7. The number of hydrogen-bond donors (Lipinski definition) is 1. The summed E-state index contributed by atoms with van der Waals surface area (Å²) in [6.07, 6.45) is 0. The van der Waals surface area contributed by atoms with Crippen molar-refractivity contribution in [2.45, 2.75) is 24.6 Å². The van der Waals surface area contributed by atoms with Crippen molar-refractivity contribution in [3.05, 3.63) is 0 Å². The van der Waals surface area contributed by atoms with Crippen LogP contribution in [0, 0.1) is 0 Å². The molecule has 0 saturated carbocycles. The van der Waals surface area contributed by atoms with Crippen molar-refractivity contribution >= 4 is 20.2 Å². The Morgan fingerprint density at radius 1 is 0.938 bits per heavy atom. The van der Waals surface area contributed by atoms with E-state index in [9.17, 15) is 25.9 Å². The molecule has 0 heterocycles. The van der Waals surface area contributed by atoms with Crippen molar-refractivity contribution in [1.29, 1.82) is 0 Å². The zero-order valence-corrected chi connectivity index (χ0v) is 14.9. The summed E-state index contributed by atoms with van der Waals surface area (Å²) < 4.78 is 62.1. The van der Waals surface area contributed by atoms with Crippen LogP contribution in [-0.2, 0) is 20.2 Å². The first kappa shape index (κ1) is 22.9. The van der Waals surface area contributed by atoms with Gasteiger partial charge in [-0.2, -0.15) is 5.06 Å². The molecule has 0 amide bonds. The summed E-state index contributed by atoms with van der Waals surface area (Å²) in [4.78, 5) is 0. The number of rotatable bonds is 4. The van der Waals surface area contributed by atoms with Crippen LogP contribution in [0.15, 0.2) is 0 Å². The first-order valence-corrected chi connectivity index (χ1v) is 6.29. The van der Waals surface area contributed by atoms with Gasteiger partial charge in [-0.05, 0) is 13.8 Å². The molecular formula is C4H9NNa2O7S2. The van der Waals surface area contributed by atoms with Crippen LogP contribution in [0.25, 0.3) is 0 Å². The molecule has 1 N–H and O–H groups in total. The van der Waals surface area contributed by atoms with Crippen LogP contribution in [-0.4, -0.2) is 47.0 Å². The smallest absolute Gasteiger partial charge is 0.747 e. The van der Waals surface area contributed by atoms with E-state index in [4.69, 9.17) is 5.21 Å². The Kier molecular flexibility index (Phi) is 11.5. The summed E-state index contributed by atoms with van der Waals surface area (Å²) in [5.74, 6) is 0. The molecule has 0 aromatic rings. The molecule has 8 nitrogen and oxygen atoms in total. The maximum absolute atomic E-state index is 10.4. The average Bonchev–Trinajstić information content (AvgIpc) is 1.97. The molecule has 0 aromatic carbocycles. The van der Waals surface area contributed by atoms with Crippen molar-refractivity contribution in [3.8, 4) is 0 Å². The van der Waals surface area contributed by atoms with E-state index < -0.39 is 31.0 Å². The van der Waals surface area contributed by atoms with E-state index in [0.29, 0.717) is 0 Å². The molecule has 0 saturated heterocycles. The monoisotopic (exact) mass is 293 g/mol. The van der Waals surface area contributed by atoms with E-state index in [2.05, 4.69) is 0 Å². The molecular weight excluding hydrogens is 284 g/mol. The SMILES string of the molecule is CC(N(O)C(C)S(=O)(=O)[O-])S(=O)(=O)[O-].[Na+].[Na+]. The van der Waals surface area contributed by atoms with E-state index in [0.717, 1.165) is 13.8 Å². The largest absolute Gasteiger partial charge is 1.00 e. The first-order chi connectivity index (χ1) is 5.98. The molecule has 0 aromatic heterocycles. The maximum Gasteiger partial charge on any atom is 1.00 e. The van der Waals surface area contributed by atoms with Crippen molar-refractivity contribution in [2.75, 3.05) is 0 Å². The van der Waals surface area contributed by atoms with Crippen LogP contribution in [0.2, 0.25) is 0 Å². The Morgan fingerprint density at radius 2 is 1.12 bits per heavy atom. The van der Waals surface area contributed by atoms with E-state index in [1.807, 2.05) is 0 Å². The van der Waals surface area contributed by atoms with Crippen molar-refractivity contribution in [2.24, 2.45) is 0 Å². The van der Waals surface area contributed by atoms with Gasteiger partial charge in [0.25, 0.3) is 0 Å². The van der Waals surface area contributed by atoms with Crippen LogP contribution in [0.4, 0.5) is 0 Å². The Balaban J connectivity index is -0.000000845. The molecule has 12 heteroatoms. The van der Waals surface area contributed by atoms with Crippen LogP contribution >= 0.6 is 0 Å². The first-order valence-electron chi connectivity index (χ1n) is 3.34. The van der Waals surface area contributed by atoms with Crippen molar-refractivity contribution in [3.63, 3.8) is 0 Å². The summed E-state index contributed by atoms with van der Waals surface area (Å²) in [6, 6.07) is 0. The Hall–Kier alpha value is 1.74. The van der Waals surface area contributed by atoms with Gasteiger partial charge in [-0.25, -0.2) is 16.8 Å². The van der Waals surface area contributed by atoms with Gasteiger partial charge in [0, 0.05) is 0 Å². The van der Waals surface area contributed by atoms with Gasteiger partial charge in [0.15, 0.2) is 0 Å². The summed E-state index contributed by atoms with van der Waals surface area (Å²) in [5.41, 5.74) is 0. The molecule has 0 fully saturated rings. The maximum atomic E-state index is 10.4. The minimum absolute atomic E-state index is 0. The Morgan fingerprint density at radius 3 is 1.25 bits per heavy atom. The summed E-state index contributed by atoms with van der Waals surface area (Å²) >= 11 is 0. The zero-order valence-electron chi connectivity index (χ0n) is 9.32. The molecule has 16 heavy (non-hydrogen) atoms. The van der Waals surface area contributed by atoms with E-state index in [1.54, 1.807) is 0 Å². The normalized spacial score (nSPS) is 15.9. The molecule has 0 radical (unpaired) electrons. The topological polar surface area (TPSA) is 138 Å². The second-order valence-electron chi connectivity index (χ2n) is 2.56. The third-order valence-electron chi connectivity index (χ3n) is 1.58. The van der Waals surface area contributed by atoms with Gasteiger partial charge in [0.05, 0.1) is 0 Å². The van der Waals surface area contributed by atoms with Gasteiger partial charge in [0.1, 0.15) is 31.0 Å². The van der Waals surface area contributed by atoms with Gasteiger partial charge < -0.3 is 14.3 Å². The Bertz CT molecular complexity index is 355. The van der Waals surface area contributed by atoms with Crippen LogP contribution in [0.3, 0.4) is 0 Å². The standard InChI is InChI=1S/C4H11NO7S2.2Na/c1-3(13(7,8)9)5(6)4(2)14(10,11)12;;/h3-4,6H,1-2H3,(H,7,8,9)(H,10,11,12);;/q;2*+1/p-2. The van der Waals surface area contributed by atoms with Crippen LogP contribution in [0.5, 0.6) is 0 Å². The van der Waals surface area contributed by atoms with Crippen molar-refractivity contribution in [1.82, 2.24) is 5.06 Å². The second kappa shape index (κ2) is 8.02. The van der Waals surface area contributed by atoms with Gasteiger partial charge in [0.2, 0.25) is 0 Å².